The number of carbonyl (C=O) groups excluding carboxylic acids is 1. The highest BCUT2D eigenvalue weighted by molar-refractivity contribution is 6.06. The zero-order chi connectivity index (χ0) is 17.4. The summed E-state index contributed by atoms with van der Waals surface area (Å²) < 4.78 is 13.6. The lowest BCUT2D eigenvalue weighted by Crippen LogP contribution is -2.26. The van der Waals surface area contributed by atoms with Gasteiger partial charge in [-0.3, -0.25) is 14.8 Å². The molecule has 3 N–H and O–H groups in total. The molecule has 0 saturated heterocycles. The first-order valence-corrected chi connectivity index (χ1v) is 8.12. The molecule has 2 aromatic heterocycles. The minimum absolute atomic E-state index is 0.294. The van der Waals surface area contributed by atoms with Crippen molar-refractivity contribution in [3.8, 4) is 0 Å². The van der Waals surface area contributed by atoms with E-state index in [4.69, 9.17) is 0 Å². The molecule has 1 aromatic carbocycles. The van der Waals surface area contributed by atoms with E-state index in [0.717, 1.165) is 18.5 Å². The lowest BCUT2D eigenvalue weighted by atomic mass is 10.0. The van der Waals surface area contributed by atoms with Crippen molar-refractivity contribution in [2.24, 2.45) is 0 Å². The number of hydrogen-bond acceptors (Lipinski definition) is 4. The Hall–Kier alpha value is -3.03. The summed E-state index contributed by atoms with van der Waals surface area (Å²) in [5.41, 5.74) is 1.53. The summed E-state index contributed by atoms with van der Waals surface area (Å²) in [7, 11) is 0. The first-order valence-electron chi connectivity index (χ1n) is 8.12. The second-order valence-corrected chi connectivity index (χ2v) is 6.16. The van der Waals surface area contributed by atoms with E-state index in [1.54, 1.807) is 12.1 Å². The second kappa shape index (κ2) is 6.12. The van der Waals surface area contributed by atoms with Crippen LogP contribution in [0.25, 0.3) is 10.9 Å². The van der Waals surface area contributed by atoms with E-state index in [1.165, 1.54) is 12.1 Å². The van der Waals surface area contributed by atoms with E-state index in [-0.39, 0.29) is 11.6 Å². The van der Waals surface area contributed by atoms with Gasteiger partial charge in [0, 0.05) is 30.0 Å². The number of nitrogens with zero attached hydrogens (tertiary/aromatic N) is 2. The molecule has 3 aromatic rings. The Morgan fingerprint density at radius 2 is 2.16 bits per heavy atom. The third-order valence-corrected chi connectivity index (χ3v) is 4.23. The molecule has 1 fully saturated rings. The number of fused-ring (bicyclic) bond motifs is 1. The number of halogens is 1. The van der Waals surface area contributed by atoms with Crippen molar-refractivity contribution >= 4 is 16.8 Å². The topological polar surface area (TPSA) is 104 Å². The van der Waals surface area contributed by atoms with Crippen molar-refractivity contribution in [1.82, 2.24) is 25.5 Å². The van der Waals surface area contributed by atoms with Gasteiger partial charge in [0.15, 0.2) is 0 Å². The molecule has 1 amide bonds. The number of H-pyrrole nitrogens is 2. The molecule has 0 atom stereocenters. The van der Waals surface area contributed by atoms with Gasteiger partial charge in [-0.15, -0.1) is 0 Å². The smallest absolute Gasteiger partial charge is 0.340 e. The van der Waals surface area contributed by atoms with Gasteiger partial charge in [0.2, 0.25) is 0 Å². The van der Waals surface area contributed by atoms with Gasteiger partial charge in [0.1, 0.15) is 11.6 Å². The molecule has 128 valence electrons. The Bertz CT molecular complexity index is 1010. The predicted octanol–water partition coefficient (Wildman–Crippen LogP) is 1.64. The monoisotopic (exact) mass is 341 g/mol. The van der Waals surface area contributed by atoms with Gasteiger partial charge in [0.25, 0.3) is 5.91 Å². The van der Waals surface area contributed by atoms with Gasteiger partial charge in [-0.1, -0.05) is 0 Å². The van der Waals surface area contributed by atoms with Crippen LogP contribution >= 0.6 is 0 Å². The van der Waals surface area contributed by atoms with Crippen LogP contribution in [0.3, 0.4) is 0 Å². The maximum Gasteiger partial charge on any atom is 0.340 e. The van der Waals surface area contributed by atoms with Gasteiger partial charge in [0.05, 0.1) is 11.1 Å². The number of pyridine rings is 1. The van der Waals surface area contributed by atoms with Crippen molar-refractivity contribution in [3.63, 3.8) is 0 Å². The summed E-state index contributed by atoms with van der Waals surface area (Å²) in [6.07, 6.45) is 2.51. The number of rotatable bonds is 5. The van der Waals surface area contributed by atoms with Gasteiger partial charge in [-0.2, -0.15) is 5.10 Å². The van der Waals surface area contributed by atoms with Crippen LogP contribution in [-0.4, -0.2) is 32.6 Å². The fourth-order valence-electron chi connectivity index (χ4n) is 2.81. The molecule has 0 bridgehead atoms. The van der Waals surface area contributed by atoms with E-state index in [2.05, 4.69) is 25.5 Å². The predicted molar refractivity (Wildman–Crippen MR) is 88.9 cm³/mol. The molecule has 1 saturated carbocycles. The van der Waals surface area contributed by atoms with Crippen molar-refractivity contribution in [2.75, 3.05) is 6.54 Å². The minimum atomic E-state index is -0.406. The molecule has 8 heteroatoms. The fraction of sp³-hybridized carbons (Fsp3) is 0.294. The van der Waals surface area contributed by atoms with Crippen LogP contribution in [0.1, 0.15) is 40.6 Å². The molecule has 0 unspecified atom stereocenters. The summed E-state index contributed by atoms with van der Waals surface area (Å²) in [6.45, 7) is 0.303. The number of nitrogens with one attached hydrogen (secondary N) is 3. The molecule has 4 rings (SSSR count). The lowest BCUT2D eigenvalue weighted by Gasteiger charge is -2.10. The quantitative estimate of drug-likeness (QED) is 0.656. The Morgan fingerprint density at radius 3 is 2.88 bits per heavy atom. The summed E-state index contributed by atoms with van der Waals surface area (Å²) in [5.74, 6) is 0.152. The summed E-state index contributed by atoms with van der Waals surface area (Å²) in [6, 6.07) is 6.04. The highest BCUT2D eigenvalue weighted by Crippen LogP contribution is 2.40. The molecule has 7 nitrogen and oxygen atoms in total. The molecule has 0 radical (unpaired) electrons. The highest BCUT2D eigenvalue weighted by atomic mass is 19.1. The fourth-order valence-corrected chi connectivity index (χ4v) is 2.81. The van der Waals surface area contributed by atoms with Gasteiger partial charge in [-0.25, -0.2) is 14.3 Å². The Kier molecular flexibility index (Phi) is 3.79. The molecule has 2 heterocycles. The Labute approximate surface area is 141 Å². The number of aromatic amines is 2. The molecule has 0 spiro atoms. The van der Waals surface area contributed by atoms with Gasteiger partial charge >= 0.3 is 5.69 Å². The van der Waals surface area contributed by atoms with Crippen LogP contribution in [0.15, 0.2) is 29.1 Å². The lowest BCUT2D eigenvalue weighted by molar-refractivity contribution is 0.0955. The normalized spacial score (nSPS) is 14.0. The van der Waals surface area contributed by atoms with E-state index in [1.807, 2.05) is 0 Å². The van der Waals surface area contributed by atoms with E-state index in [0.29, 0.717) is 41.2 Å². The first-order chi connectivity index (χ1) is 12.1. The van der Waals surface area contributed by atoms with Crippen LogP contribution < -0.4 is 11.0 Å². The zero-order valence-electron chi connectivity index (χ0n) is 13.3. The number of amides is 1. The number of aromatic nitrogens is 4. The van der Waals surface area contributed by atoms with E-state index in [9.17, 15) is 14.0 Å². The number of carbonyl (C=O) groups is 1. The zero-order valence-corrected chi connectivity index (χ0v) is 13.3. The summed E-state index contributed by atoms with van der Waals surface area (Å²) in [5, 5.41) is 9.35. The van der Waals surface area contributed by atoms with Crippen LogP contribution in [-0.2, 0) is 6.42 Å². The van der Waals surface area contributed by atoms with Crippen LogP contribution in [0.2, 0.25) is 0 Å². The average molecular weight is 341 g/mol. The van der Waals surface area contributed by atoms with E-state index >= 15 is 0 Å². The van der Waals surface area contributed by atoms with Crippen molar-refractivity contribution in [2.45, 2.75) is 25.2 Å². The first kappa shape index (κ1) is 15.5. The maximum atomic E-state index is 13.6. The van der Waals surface area contributed by atoms with Crippen molar-refractivity contribution < 1.29 is 9.18 Å². The highest BCUT2D eigenvalue weighted by Gasteiger charge is 2.27. The third kappa shape index (κ3) is 3.28. The Balaban J connectivity index is 1.58. The Morgan fingerprint density at radius 1 is 1.32 bits per heavy atom. The molecular formula is C17H16FN5O2. The molecular weight excluding hydrogens is 325 g/mol. The largest absolute Gasteiger partial charge is 0.352 e. The van der Waals surface area contributed by atoms with Gasteiger partial charge < -0.3 is 5.32 Å². The molecule has 1 aliphatic rings. The van der Waals surface area contributed by atoms with Crippen molar-refractivity contribution in [3.05, 3.63) is 57.6 Å². The summed E-state index contributed by atoms with van der Waals surface area (Å²) >= 11 is 0. The van der Waals surface area contributed by atoms with E-state index < -0.39 is 5.82 Å². The third-order valence-electron chi connectivity index (χ3n) is 4.23. The average Bonchev–Trinajstić information content (AvgIpc) is 3.36. The van der Waals surface area contributed by atoms with Crippen LogP contribution in [0.5, 0.6) is 0 Å². The maximum absolute atomic E-state index is 13.6. The van der Waals surface area contributed by atoms with Gasteiger partial charge in [-0.05, 0) is 37.1 Å². The number of hydrogen-bond donors (Lipinski definition) is 3. The molecule has 25 heavy (non-hydrogen) atoms. The SMILES string of the molecule is O=C(NCCc1n[nH]c(=O)[nH]1)c1cc(C2CC2)nc2ccc(F)cc12. The molecule has 0 aliphatic heterocycles. The standard InChI is InChI=1S/C17H16FN5O2/c18-10-3-4-13-11(7-10)12(8-14(20-13)9-1-2-9)16(24)19-6-5-15-21-17(25)23-22-15/h3-4,7-9H,1-2,5-6H2,(H,19,24)(H2,21,22,23,25). The second-order valence-electron chi connectivity index (χ2n) is 6.16. The number of benzene rings is 1. The van der Waals surface area contributed by atoms with Crippen LogP contribution in [0, 0.1) is 5.82 Å². The molecule has 1 aliphatic carbocycles. The minimum Gasteiger partial charge on any atom is -0.352 e. The van der Waals surface area contributed by atoms with Crippen LogP contribution in [0.4, 0.5) is 4.39 Å². The summed E-state index contributed by atoms with van der Waals surface area (Å²) in [4.78, 5) is 30.7. The van der Waals surface area contributed by atoms with Crippen molar-refractivity contribution in [1.29, 1.82) is 0 Å².